The van der Waals surface area contributed by atoms with E-state index < -0.39 is 11.9 Å². The molecule has 3 rings (SSSR count). The SMILES string of the molecule is O=C(O)C1C=CC=C2C1=Nc1ccccc12. The number of hydrogen-bond donors (Lipinski definition) is 1. The van der Waals surface area contributed by atoms with Crippen LogP contribution in [0, 0.1) is 5.92 Å². The molecule has 78 valence electrons. The fraction of sp³-hybridized carbons (Fsp3) is 0.0769. The van der Waals surface area contributed by atoms with Gasteiger partial charge < -0.3 is 5.11 Å². The molecule has 1 aliphatic heterocycles. The van der Waals surface area contributed by atoms with Crippen LogP contribution in [0.25, 0.3) is 5.57 Å². The van der Waals surface area contributed by atoms with Crippen molar-refractivity contribution in [3.8, 4) is 0 Å². The first-order chi connectivity index (χ1) is 7.77. The fourth-order valence-corrected chi connectivity index (χ4v) is 2.09. The maximum atomic E-state index is 11.1. The van der Waals surface area contributed by atoms with Gasteiger partial charge in [0.25, 0.3) is 0 Å². The van der Waals surface area contributed by atoms with Crippen molar-refractivity contribution in [2.45, 2.75) is 0 Å². The van der Waals surface area contributed by atoms with Crippen molar-refractivity contribution in [2.24, 2.45) is 10.9 Å². The Hall–Kier alpha value is -2.16. The van der Waals surface area contributed by atoms with Gasteiger partial charge in [0.1, 0.15) is 5.92 Å². The maximum absolute atomic E-state index is 11.1. The van der Waals surface area contributed by atoms with E-state index in [9.17, 15) is 4.79 Å². The third kappa shape index (κ3) is 1.15. The fourth-order valence-electron chi connectivity index (χ4n) is 2.09. The molecule has 1 N–H and O–H groups in total. The number of nitrogens with zero attached hydrogens (tertiary/aromatic N) is 1. The lowest BCUT2D eigenvalue weighted by Gasteiger charge is -2.13. The average Bonchev–Trinajstić information content (AvgIpc) is 2.67. The molecule has 0 radical (unpaired) electrons. The Kier molecular flexibility index (Phi) is 1.80. The lowest BCUT2D eigenvalue weighted by atomic mass is 9.89. The van der Waals surface area contributed by atoms with Gasteiger partial charge in [0.05, 0.1) is 11.4 Å². The summed E-state index contributed by atoms with van der Waals surface area (Å²) < 4.78 is 0. The summed E-state index contributed by atoms with van der Waals surface area (Å²) >= 11 is 0. The van der Waals surface area contributed by atoms with Crippen LogP contribution in [0.15, 0.2) is 47.5 Å². The van der Waals surface area contributed by atoms with Crippen molar-refractivity contribution in [3.05, 3.63) is 48.1 Å². The van der Waals surface area contributed by atoms with Gasteiger partial charge in [0, 0.05) is 11.1 Å². The first-order valence-corrected chi connectivity index (χ1v) is 5.07. The zero-order valence-corrected chi connectivity index (χ0v) is 8.42. The van der Waals surface area contributed by atoms with E-state index >= 15 is 0 Å². The Bertz CT molecular complexity index is 567. The molecule has 0 amide bonds. The van der Waals surface area contributed by atoms with Crippen LogP contribution in [0.2, 0.25) is 0 Å². The van der Waals surface area contributed by atoms with Crippen molar-refractivity contribution in [3.63, 3.8) is 0 Å². The second kappa shape index (κ2) is 3.17. The summed E-state index contributed by atoms with van der Waals surface area (Å²) in [6.07, 6.45) is 5.37. The van der Waals surface area contributed by atoms with Crippen molar-refractivity contribution >= 4 is 22.9 Å². The molecule has 1 aromatic rings. The summed E-state index contributed by atoms with van der Waals surface area (Å²) in [5.41, 5.74) is 3.47. The zero-order chi connectivity index (χ0) is 11.1. The average molecular weight is 211 g/mol. The first-order valence-electron chi connectivity index (χ1n) is 5.07. The van der Waals surface area contributed by atoms with E-state index in [1.165, 1.54) is 0 Å². The highest BCUT2D eigenvalue weighted by Gasteiger charge is 2.31. The van der Waals surface area contributed by atoms with Gasteiger partial charge in [-0.15, -0.1) is 0 Å². The molecule has 1 unspecified atom stereocenters. The van der Waals surface area contributed by atoms with Crippen LogP contribution in [0.3, 0.4) is 0 Å². The van der Waals surface area contributed by atoms with Crippen molar-refractivity contribution in [1.29, 1.82) is 0 Å². The number of allylic oxidation sites excluding steroid dienone is 3. The second-order valence-electron chi connectivity index (χ2n) is 3.80. The molecule has 1 aromatic carbocycles. The Morgan fingerprint density at radius 3 is 2.94 bits per heavy atom. The van der Waals surface area contributed by atoms with E-state index in [-0.39, 0.29) is 0 Å². The number of hydrogen-bond acceptors (Lipinski definition) is 2. The van der Waals surface area contributed by atoms with Crippen LogP contribution in [-0.2, 0) is 4.79 Å². The Morgan fingerprint density at radius 2 is 2.12 bits per heavy atom. The predicted octanol–water partition coefficient (Wildman–Crippen LogP) is 2.43. The molecule has 0 aromatic heterocycles. The minimum absolute atomic E-state index is 0.618. The summed E-state index contributed by atoms with van der Waals surface area (Å²) in [6, 6.07) is 7.71. The molecule has 1 heterocycles. The number of carbonyl (C=O) groups is 1. The van der Waals surface area contributed by atoms with Crippen LogP contribution >= 0.6 is 0 Å². The highest BCUT2D eigenvalue weighted by molar-refractivity contribution is 6.35. The quantitative estimate of drug-likeness (QED) is 0.775. The Labute approximate surface area is 92.4 Å². The lowest BCUT2D eigenvalue weighted by Crippen LogP contribution is -2.22. The van der Waals surface area contributed by atoms with Crippen molar-refractivity contribution in [1.82, 2.24) is 0 Å². The molecule has 0 bridgehead atoms. The summed E-state index contributed by atoms with van der Waals surface area (Å²) in [4.78, 5) is 15.5. The largest absolute Gasteiger partial charge is 0.481 e. The van der Waals surface area contributed by atoms with E-state index in [1.807, 2.05) is 30.3 Å². The van der Waals surface area contributed by atoms with Crippen LogP contribution in [-0.4, -0.2) is 16.8 Å². The third-order valence-corrected chi connectivity index (χ3v) is 2.84. The molecule has 3 heteroatoms. The van der Waals surface area contributed by atoms with Gasteiger partial charge in [-0.25, -0.2) is 0 Å². The number of carboxylic acids is 1. The van der Waals surface area contributed by atoms with E-state index in [0.717, 1.165) is 16.8 Å². The van der Waals surface area contributed by atoms with Gasteiger partial charge in [0.15, 0.2) is 0 Å². The first kappa shape index (κ1) is 9.09. The molecule has 1 atom stereocenters. The monoisotopic (exact) mass is 211 g/mol. The lowest BCUT2D eigenvalue weighted by molar-refractivity contribution is -0.138. The topological polar surface area (TPSA) is 49.7 Å². The van der Waals surface area contributed by atoms with Gasteiger partial charge in [-0.05, 0) is 6.07 Å². The summed E-state index contributed by atoms with van der Waals surface area (Å²) in [5.74, 6) is -1.47. The van der Waals surface area contributed by atoms with Crippen LogP contribution in [0.1, 0.15) is 5.56 Å². The normalized spacial score (nSPS) is 20.9. The molecule has 1 aliphatic carbocycles. The van der Waals surface area contributed by atoms with E-state index in [1.54, 1.807) is 12.2 Å². The number of carboxylic acid groups (broad SMARTS) is 1. The predicted molar refractivity (Wildman–Crippen MR) is 61.8 cm³/mol. The van der Waals surface area contributed by atoms with Gasteiger partial charge in [0.2, 0.25) is 0 Å². The van der Waals surface area contributed by atoms with Crippen LogP contribution in [0.4, 0.5) is 5.69 Å². The smallest absolute Gasteiger partial charge is 0.316 e. The number of aliphatic carboxylic acids is 1. The molecule has 0 saturated carbocycles. The molecule has 2 aliphatic rings. The Balaban J connectivity index is 2.16. The maximum Gasteiger partial charge on any atom is 0.316 e. The minimum Gasteiger partial charge on any atom is -0.481 e. The zero-order valence-electron chi connectivity index (χ0n) is 8.42. The highest BCUT2D eigenvalue weighted by Crippen LogP contribution is 2.38. The highest BCUT2D eigenvalue weighted by atomic mass is 16.4. The molecular weight excluding hydrogens is 202 g/mol. The van der Waals surface area contributed by atoms with E-state index in [0.29, 0.717) is 5.71 Å². The van der Waals surface area contributed by atoms with Gasteiger partial charge in [-0.1, -0.05) is 36.4 Å². The van der Waals surface area contributed by atoms with Gasteiger partial charge >= 0.3 is 5.97 Å². The van der Waals surface area contributed by atoms with Crippen LogP contribution in [0.5, 0.6) is 0 Å². The van der Waals surface area contributed by atoms with Crippen LogP contribution < -0.4 is 0 Å². The molecule has 0 spiro atoms. The molecule has 3 nitrogen and oxygen atoms in total. The van der Waals surface area contributed by atoms with Crippen molar-refractivity contribution < 1.29 is 9.90 Å². The minimum atomic E-state index is -0.853. The Morgan fingerprint density at radius 1 is 1.31 bits per heavy atom. The third-order valence-electron chi connectivity index (χ3n) is 2.84. The molecular formula is C13H9NO2. The standard InChI is InChI=1S/C13H9NO2/c15-13(16)10-6-3-5-9-8-4-1-2-7-11(8)14-12(9)10/h1-7,10H,(H,15,16). The number of fused-ring (bicyclic) bond motifs is 3. The summed E-state index contributed by atoms with van der Waals surface area (Å²) in [5, 5.41) is 9.11. The van der Waals surface area contributed by atoms with E-state index in [2.05, 4.69) is 4.99 Å². The van der Waals surface area contributed by atoms with E-state index in [4.69, 9.17) is 5.11 Å². The molecule has 0 saturated heterocycles. The molecule has 16 heavy (non-hydrogen) atoms. The number of rotatable bonds is 1. The van der Waals surface area contributed by atoms with Crippen molar-refractivity contribution in [2.75, 3.05) is 0 Å². The van der Waals surface area contributed by atoms with Gasteiger partial charge in [-0.2, -0.15) is 0 Å². The number of benzene rings is 1. The molecule has 0 fully saturated rings. The number of para-hydroxylation sites is 1. The second-order valence-corrected chi connectivity index (χ2v) is 3.80. The number of aliphatic imine (C=N–C) groups is 1. The van der Waals surface area contributed by atoms with Gasteiger partial charge in [-0.3, -0.25) is 9.79 Å². The summed E-state index contributed by atoms with van der Waals surface area (Å²) in [6.45, 7) is 0. The summed E-state index contributed by atoms with van der Waals surface area (Å²) in [7, 11) is 0.